The molecule has 0 bridgehead atoms. The van der Waals surface area contributed by atoms with Crippen LogP contribution in [0.5, 0.6) is 0 Å². The van der Waals surface area contributed by atoms with Crippen molar-refractivity contribution < 1.29 is 50.0 Å². The number of hydrogen-bond donors (Lipinski definition) is 7. The van der Waals surface area contributed by atoms with Gasteiger partial charge in [0.05, 0.1) is 19.3 Å². The number of aliphatic hydroxyl groups excluding tert-OH is 7. The first-order chi connectivity index (χ1) is 10.8. The van der Waals surface area contributed by atoms with E-state index in [0.29, 0.717) is 0 Å². The van der Waals surface area contributed by atoms with Gasteiger partial charge in [-0.1, -0.05) is 0 Å². The lowest BCUT2D eigenvalue weighted by atomic mass is 9.95. The Bertz CT molecular complexity index is 380. The van der Waals surface area contributed by atoms with E-state index in [9.17, 15) is 30.6 Å². The molecule has 0 aromatic rings. The molecular formula is C13H24O10. The Balaban J connectivity index is 2.11. The van der Waals surface area contributed by atoms with Gasteiger partial charge >= 0.3 is 0 Å². The van der Waals surface area contributed by atoms with E-state index in [0.717, 1.165) is 0 Å². The summed E-state index contributed by atoms with van der Waals surface area (Å²) in [6, 6.07) is 0. The second-order valence-electron chi connectivity index (χ2n) is 5.84. The van der Waals surface area contributed by atoms with Crippen LogP contribution in [0.4, 0.5) is 0 Å². The molecule has 10 nitrogen and oxygen atoms in total. The lowest BCUT2D eigenvalue weighted by Crippen LogP contribution is -2.64. The van der Waals surface area contributed by atoms with Crippen molar-refractivity contribution in [2.24, 2.45) is 0 Å². The van der Waals surface area contributed by atoms with Crippen molar-refractivity contribution in [1.82, 2.24) is 0 Å². The maximum absolute atomic E-state index is 10.1. The molecule has 0 aliphatic carbocycles. The largest absolute Gasteiger partial charge is 0.394 e. The normalized spacial score (nSPS) is 51.7. The Morgan fingerprint density at radius 2 is 1.30 bits per heavy atom. The molecule has 2 rings (SSSR count). The Hall–Kier alpha value is -0.400. The number of aliphatic hydroxyl groups is 7. The van der Waals surface area contributed by atoms with Gasteiger partial charge in [0.1, 0.15) is 48.8 Å². The van der Waals surface area contributed by atoms with Gasteiger partial charge in [0.25, 0.3) is 0 Å². The third-order valence-electron chi connectivity index (χ3n) is 4.24. The molecule has 2 saturated heterocycles. The molecule has 5 unspecified atom stereocenters. The van der Waals surface area contributed by atoms with Gasteiger partial charge in [0, 0.05) is 0 Å². The standard InChI is InChI=1S/C13H24O10/c1-4-7(16)12(9(18)6(3-15)21-4)23-13-11(20)10(19)8(17)5(2-14)22-13/h4-20H,2-3H2,1H3/t4?,5?,6?,7?,8-,9-,10-,11?,12+,13-/m0/s1. The minimum Gasteiger partial charge on any atom is -0.394 e. The third kappa shape index (κ3) is 3.66. The van der Waals surface area contributed by atoms with Crippen LogP contribution in [0.25, 0.3) is 0 Å². The molecule has 0 radical (unpaired) electrons. The highest BCUT2D eigenvalue weighted by atomic mass is 16.7. The Labute approximate surface area is 132 Å². The summed E-state index contributed by atoms with van der Waals surface area (Å²) in [5, 5.41) is 67.9. The van der Waals surface area contributed by atoms with Crippen LogP contribution in [-0.2, 0) is 14.2 Å². The molecule has 10 atom stereocenters. The molecule has 0 spiro atoms. The van der Waals surface area contributed by atoms with E-state index < -0.39 is 74.4 Å². The van der Waals surface area contributed by atoms with Gasteiger partial charge in [-0.25, -0.2) is 0 Å². The van der Waals surface area contributed by atoms with Gasteiger partial charge in [-0.15, -0.1) is 0 Å². The predicted molar refractivity (Wildman–Crippen MR) is 72.1 cm³/mol. The van der Waals surface area contributed by atoms with Gasteiger partial charge in [0.2, 0.25) is 0 Å². The van der Waals surface area contributed by atoms with E-state index in [2.05, 4.69) is 0 Å². The second kappa shape index (κ2) is 7.66. The fraction of sp³-hybridized carbons (Fsp3) is 1.00. The van der Waals surface area contributed by atoms with Crippen LogP contribution in [0.15, 0.2) is 0 Å². The van der Waals surface area contributed by atoms with Crippen LogP contribution >= 0.6 is 0 Å². The minimum atomic E-state index is -1.65. The molecule has 0 aromatic carbocycles. The van der Waals surface area contributed by atoms with Crippen molar-refractivity contribution >= 4 is 0 Å². The van der Waals surface area contributed by atoms with Crippen molar-refractivity contribution in [2.45, 2.75) is 68.1 Å². The zero-order chi connectivity index (χ0) is 17.3. The molecule has 2 heterocycles. The quantitative estimate of drug-likeness (QED) is 0.265. The van der Waals surface area contributed by atoms with E-state index in [1.54, 1.807) is 0 Å². The van der Waals surface area contributed by atoms with Crippen molar-refractivity contribution in [1.29, 1.82) is 0 Å². The second-order valence-corrected chi connectivity index (χ2v) is 5.84. The molecule has 10 heteroatoms. The molecule has 2 fully saturated rings. The molecule has 2 aliphatic heterocycles. The lowest BCUT2D eigenvalue weighted by Gasteiger charge is -2.45. The summed E-state index contributed by atoms with van der Waals surface area (Å²) in [5.41, 5.74) is 0. The summed E-state index contributed by atoms with van der Waals surface area (Å²) in [6.45, 7) is 0.384. The zero-order valence-corrected chi connectivity index (χ0v) is 12.5. The minimum absolute atomic E-state index is 0.507. The molecular weight excluding hydrogens is 316 g/mol. The predicted octanol–water partition coefficient (Wildman–Crippen LogP) is -4.33. The molecule has 0 amide bonds. The van der Waals surface area contributed by atoms with Gasteiger partial charge in [0.15, 0.2) is 6.29 Å². The first-order valence-corrected chi connectivity index (χ1v) is 7.40. The highest BCUT2D eigenvalue weighted by Gasteiger charge is 2.49. The average Bonchev–Trinajstić information content (AvgIpc) is 2.54. The third-order valence-corrected chi connectivity index (χ3v) is 4.24. The molecule has 136 valence electrons. The van der Waals surface area contributed by atoms with Crippen molar-refractivity contribution in [3.8, 4) is 0 Å². The van der Waals surface area contributed by atoms with Crippen molar-refractivity contribution in [2.75, 3.05) is 13.2 Å². The Kier molecular flexibility index (Phi) is 6.30. The highest BCUT2D eigenvalue weighted by molar-refractivity contribution is 4.94. The van der Waals surface area contributed by atoms with Gasteiger partial charge in [-0.2, -0.15) is 0 Å². The number of rotatable bonds is 4. The summed E-state index contributed by atoms with van der Waals surface area (Å²) in [4.78, 5) is 0. The van der Waals surface area contributed by atoms with E-state index >= 15 is 0 Å². The Morgan fingerprint density at radius 1 is 0.739 bits per heavy atom. The van der Waals surface area contributed by atoms with Gasteiger partial charge in [-0.05, 0) is 6.92 Å². The van der Waals surface area contributed by atoms with Crippen LogP contribution in [0.3, 0.4) is 0 Å². The molecule has 2 aliphatic rings. The maximum Gasteiger partial charge on any atom is 0.187 e. The summed E-state index contributed by atoms with van der Waals surface area (Å²) >= 11 is 0. The van der Waals surface area contributed by atoms with Crippen LogP contribution in [-0.4, -0.2) is 110 Å². The number of hydrogen-bond acceptors (Lipinski definition) is 10. The van der Waals surface area contributed by atoms with E-state index in [-0.39, 0.29) is 0 Å². The summed E-state index contributed by atoms with van der Waals surface area (Å²) in [7, 11) is 0. The van der Waals surface area contributed by atoms with Crippen LogP contribution in [0.1, 0.15) is 6.92 Å². The van der Waals surface area contributed by atoms with E-state index in [1.807, 2.05) is 0 Å². The summed E-state index contributed by atoms with van der Waals surface area (Å²) in [6.07, 6.45) is -13.2. The van der Waals surface area contributed by atoms with E-state index in [4.69, 9.17) is 19.3 Å². The summed E-state index contributed by atoms with van der Waals surface area (Å²) in [5.74, 6) is 0. The first kappa shape index (κ1) is 18.9. The molecule has 0 saturated carbocycles. The topological polar surface area (TPSA) is 169 Å². The Morgan fingerprint density at radius 3 is 1.87 bits per heavy atom. The molecule has 0 aromatic heterocycles. The van der Waals surface area contributed by atoms with Crippen molar-refractivity contribution in [3.05, 3.63) is 0 Å². The van der Waals surface area contributed by atoms with Crippen LogP contribution in [0, 0.1) is 0 Å². The molecule has 7 N–H and O–H groups in total. The van der Waals surface area contributed by atoms with Gasteiger partial charge < -0.3 is 50.0 Å². The van der Waals surface area contributed by atoms with Crippen LogP contribution < -0.4 is 0 Å². The van der Waals surface area contributed by atoms with Crippen molar-refractivity contribution in [3.63, 3.8) is 0 Å². The van der Waals surface area contributed by atoms with E-state index in [1.165, 1.54) is 6.92 Å². The lowest BCUT2D eigenvalue weighted by molar-refractivity contribution is -0.340. The average molecular weight is 340 g/mol. The zero-order valence-electron chi connectivity index (χ0n) is 12.5. The van der Waals surface area contributed by atoms with Gasteiger partial charge in [-0.3, -0.25) is 0 Å². The molecule has 23 heavy (non-hydrogen) atoms. The monoisotopic (exact) mass is 340 g/mol. The fourth-order valence-corrected chi connectivity index (χ4v) is 2.76. The summed E-state index contributed by atoms with van der Waals surface area (Å²) < 4.78 is 15.8. The SMILES string of the molecule is CC1OC(CO)[C@H](O)[C@H](O[C@@H]2OC(CO)[C@H](O)[C@H](O)C2O)C1O. The van der Waals surface area contributed by atoms with Crippen LogP contribution in [0.2, 0.25) is 0 Å². The highest BCUT2D eigenvalue weighted by Crippen LogP contribution is 2.28. The smallest absolute Gasteiger partial charge is 0.187 e. The fourth-order valence-electron chi connectivity index (χ4n) is 2.76. The maximum atomic E-state index is 10.1. The first-order valence-electron chi connectivity index (χ1n) is 7.40. The number of ether oxygens (including phenoxy) is 3.